The molecule has 2 aromatic rings. The number of benzene rings is 1. The van der Waals surface area contributed by atoms with E-state index in [-0.39, 0.29) is 18.1 Å². The number of rotatable bonds is 5. The van der Waals surface area contributed by atoms with Gasteiger partial charge < -0.3 is 14.9 Å². The van der Waals surface area contributed by atoms with Gasteiger partial charge in [-0.05, 0) is 38.1 Å². The Morgan fingerprint density at radius 3 is 2.43 bits per heavy atom. The topological polar surface area (TPSA) is 63.5 Å². The molecule has 3 heterocycles. The highest BCUT2D eigenvalue weighted by Gasteiger charge is 2.31. The number of nitrogens with zero attached hydrogens (tertiary/aromatic N) is 3. The van der Waals surface area contributed by atoms with Crippen LogP contribution in [0.1, 0.15) is 29.8 Å². The Bertz CT molecular complexity index is 946. The smallest absolute Gasteiger partial charge is 0.416 e. The van der Waals surface area contributed by atoms with Crippen molar-refractivity contribution in [1.29, 1.82) is 5.41 Å². The lowest BCUT2D eigenvalue weighted by Gasteiger charge is -2.29. The molecule has 160 valence electrons. The van der Waals surface area contributed by atoms with Crippen LogP contribution in [0.25, 0.3) is 16.8 Å². The molecule has 2 aliphatic heterocycles. The Balaban J connectivity index is 1.44. The summed E-state index contributed by atoms with van der Waals surface area (Å²) in [5.41, 5.74) is 0.807. The molecule has 0 amide bonds. The van der Waals surface area contributed by atoms with Gasteiger partial charge in [-0.15, -0.1) is 11.3 Å². The van der Waals surface area contributed by atoms with E-state index in [0.717, 1.165) is 31.8 Å². The van der Waals surface area contributed by atoms with Crippen molar-refractivity contribution in [2.75, 3.05) is 32.7 Å². The summed E-state index contributed by atoms with van der Waals surface area (Å²) in [6.07, 6.45) is -0.692. The van der Waals surface area contributed by atoms with Crippen molar-refractivity contribution in [2.45, 2.75) is 25.4 Å². The Hall–Kier alpha value is -2.39. The first-order valence-corrected chi connectivity index (χ1v) is 10.8. The van der Waals surface area contributed by atoms with Crippen LogP contribution in [0.15, 0.2) is 35.4 Å². The predicted molar refractivity (Wildman–Crippen MR) is 112 cm³/mol. The Labute approximate surface area is 177 Å². The molecule has 1 aromatic carbocycles. The molecule has 1 fully saturated rings. The van der Waals surface area contributed by atoms with Crippen molar-refractivity contribution in [3.8, 4) is 11.3 Å². The molecule has 30 heavy (non-hydrogen) atoms. The molecule has 1 aromatic heterocycles. The minimum atomic E-state index is -4.38. The third kappa shape index (κ3) is 4.37. The molecule has 0 atom stereocenters. The zero-order chi connectivity index (χ0) is 21.3. The molecular formula is C21H23F3N4OS. The summed E-state index contributed by atoms with van der Waals surface area (Å²) in [4.78, 5) is 8.71. The van der Waals surface area contributed by atoms with Crippen molar-refractivity contribution in [3.63, 3.8) is 0 Å². The maximum atomic E-state index is 12.8. The summed E-state index contributed by atoms with van der Waals surface area (Å²) in [7, 11) is 0. The van der Waals surface area contributed by atoms with Gasteiger partial charge in [0.1, 0.15) is 16.6 Å². The first-order chi connectivity index (χ1) is 14.3. The van der Waals surface area contributed by atoms with Crippen LogP contribution in [0.4, 0.5) is 13.2 Å². The third-order valence-corrected chi connectivity index (χ3v) is 6.40. The number of thiazole rings is 1. The fourth-order valence-corrected chi connectivity index (χ4v) is 4.74. The van der Waals surface area contributed by atoms with Crippen LogP contribution in [0.3, 0.4) is 0 Å². The normalized spacial score (nSPS) is 18.5. The molecule has 2 aliphatic rings. The first kappa shape index (κ1) is 20.9. The molecule has 4 rings (SSSR count). The van der Waals surface area contributed by atoms with Gasteiger partial charge in [-0.25, -0.2) is 4.98 Å². The van der Waals surface area contributed by atoms with Gasteiger partial charge in [0.15, 0.2) is 0 Å². The molecule has 0 spiro atoms. The molecule has 0 unspecified atom stereocenters. The largest absolute Gasteiger partial charge is 0.510 e. The highest BCUT2D eigenvalue weighted by atomic mass is 32.1. The van der Waals surface area contributed by atoms with Crippen LogP contribution in [0.2, 0.25) is 0 Å². The Kier molecular flexibility index (Phi) is 5.84. The number of aliphatic hydroxyl groups is 1. The fraction of sp³-hybridized carbons (Fsp3) is 0.429. The van der Waals surface area contributed by atoms with E-state index in [1.165, 1.54) is 42.7 Å². The Morgan fingerprint density at radius 1 is 1.07 bits per heavy atom. The van der Waals surface area contributed by atoms with Gasteiger partial charge in [0.2, 0.25) is 0 Å². The number of hydrogen-bond acceptors (Lipinski definition) is 5. The first-order valence-electron chi connectivity index (χ1n) is 9.95. The van der Waals surface area contributed by atoms with Crippen LogP contribution in [-0.4, -0.2) is 58.4 Å². The minimum absolute atomic E-state index is 0.118. The average Bonchev–Trinajstić information content (AvgIpc) is 3.31. The van der Waals surface area contributed by atoms with E-state index in [9.17, 15) is 18.3 Å². The number of aliphatic hydroxyl groups excluding tert-OH is 1. The van der Waals surface area contributed by atoms with E-state index < -0.39 is 11.7 Å². The summed E-state index contributed by atoms with van der Waals surface area (Å²) in [6, 6.07) is 4.84. The van der Waals surface area contributed by atoms with E-state index in [2.05, 4.69) is 9.88 Å². The summed E-state index contributed by atoms with van der Waals surface area (Å²) in [6.45, 7) is 3.98. The monoisotopic (exact) mass is 436 g/mol. The number of likely N-dealkylation sites (tertiary alicyclic amines) is 1. The quantitative estimate of drug-likeness (QED) is 0.702. The summed E-state index contributed by atoms with van der Waals surface area (Å²) in [5, 5.41) is 21.2. The third-order valence-electron chi connectivity index (χ3n) is 5.54. The zero-order valence-corrected chi connectivity index (χ0v) is 17.2. The second kappa shape index (κ2) is 8.39. The van der Waals surface area contributed by atoms with Crippen molar-refractivity contribution in [2.24, 2.45) is 0 Å². The van der Waals surface area contributed by atoms with Gasteiger partial charge in [0.25, 0.3) is 0 Å². The van der Waals surface area contributed by atoms with Crippen molar-refractivity contribution < 1.29 is 18.3 Å². The standard InChI is InChI=1S/C21H23F3N4OS/c22-21(23,24)15-6-4-14(5-7-15)16-13-30-20(26-16)18-17(29)12-28(19(18)25)11-10-27-8-2-1-3-9-27/h4-7,13,25,29H,1-3,8-12H2. The zero-order valence-electron chi connectivity index (χ0n) is 16.4. The van der Waals surface area contributed by atoms with Crippen LogP contribution in [0.5, 0.6) is 0 Å². The molecule has 5 nitrogen and oxygen atoms in total. The van der Waals surface area contributed by atoms with E-state index in [1.54, 1.807) is 5.38 Å². The number of piperidine rings is 1. The number of hydrogen-bond donors (Lipinski definition) is 2. The predicted octanol–water partition coefficient (Wildman–Crippen LogP) is 4.88. The summed E-state index contributed by atoms with van der Waals surface area (Å²) in [5.74, 6) is 0.366. The molecular weight excluding hydrogens is 413 g/mol. The van der Waals surface area contributed by atoms with Gasteiger partial charge >= 0.3 is 6.18 Å². The second-order valence-corrected chi connectivity index (χ2v) is 8.47. The lowest BCUT2D eigenvalue weighted by atomic mass is 10.1. The Morgan fingerprint density at radius 2 is 1.77 bits per heavy atom. The maximum absolute atomic E-state index is 12.8. The van der Waals surface area contributed by atoms with Crippen LogP contribution in [-0.2, 0) is 6.18 Å². The van der Waals surface area contributed by atoms with Crippen LogP contribution >= 0.6 is 11.3 Å². The van der Waals surface area contributed by atoms with E-state index in [4.69, 9.17) is 5.41 Å². The highest BCUT2D eigenvalue weighted by molar-refractivity contribution is 7.11. The molecule has 1 saturated heterocycles. The molecule has 0 aliphatic carbocycles. The van der Waals surface area contributed by atoms with E-state index in [0.29, 0.717) is 28.4 Å². The number of aromatic nitrogens is 1. The summed E-state index contributed by atoms with van der Waals surface area (Å²) < 4.78 is 38.3. The van der Waals surface area contributed by atoms with Crippen LogP contribution < -0.4 is 0 Å². The SMILES string of the molecule is N=C1C(c2nc(-c3ccc(C(F)(F)F)cc3)cs2)=C(O)CN1CCN1CCCCC1. The molecule has 2 N–H and O–H groups in total. The van der Waals surface area contributed by atoms with E-state index >= 15 is 0 Å². The average molecular weight is 437 g/mol. The van der Waals surface area contributed by atoms with Gasteiger partial charge in [0.05, 0.1) is 23.4 Å². The fourth-order valence-electron chi connectivity index (χ4n) is 3.85. The van der Waals surface area contributed by atoms with Crippen molar-refractivity contribution in [1.82, 2.24) is 14.8 Å². The van der Waals surface area contributed by atoms with Crippen molar-refractivity contribution >= 4 is 22.7 Å². The lowest BCUT2D eigenvalue weighted by Crippen LogP contribution is -2.38. The number of amidine groups is 1. The van der Waals surface area contributed by atoms with Crippen molar-refractivity contribution in [3.05, 3.63) is 46.0 Å². The van der Waals surface area contributed by atoms with Gasteiger partial charge in [-0.3, -0.25) is 5.41 Å². The van der Waals surface area contributed by atoms with Gasteiger partial charge in [-0.1, -0.05) is 18.6 Å². The lowest BCUT2D eigenvalue weighted by molar-refractivity contribution is -0.137. The molecule has 0 radical (unpaired) electrons. The highest BCUT2D eigenvalue weighted by Crippen LogP contribution is 2.34. The molecule has 9 heteroatoms. The second-order valence-electron chi connectivity index (χ2n) is 7.61. The minimum Gasteiger partial charge on any atom is -0.510 e. The molecule has 0 saturated carbocycles. The van der Waals surface area contributed by atoms with E-state index in [1.807, 2.05) is 4.90 Å². The summed E-state index contributed by atoms with van der Waals surface area (Å²) >= 11 is 1.28. The number of alkyl halides is 3. The number of nitrogens with one attached hydrogen (secondary N) is 1. The van der Waals surface area contributed by atoms with Gasteiger partial charge in [-0.2, -0.15) is 13.2 Å². The molecule has 0 bridgehead atoms. The van der Waals surface area contributed by atoms with Gasteiger partial charge in [0, 0.05) is 24.0 Å². The number of halogens is 3. The van der Waals surface area contributed by atoms with Crippen LogP contribution in [0, 0.1) is 5.41 Å². The maximum Gasteiger partial charge on any atom is 0.416 e.